The number of pyridine rings is 1. The summed E-state index contributed by atoms with van der Waals surface area (Å²) in [4.78, 5) is 30.9. The van der Waals surface area contributed by atoms with E-state index in [-0.39, 0.29) is 17.9 Å². The summed E-state index contributed by atoms with van der Waals surface area (Å²) < 4.78 is 9.04. The average molecular weight is 480 g/mol. The third kappa shape index (κ3) is 5.51. The molecule has 176 valence electrons. The quantitative estimate of drug-likeness (QED) is 0.339. The van der Waals surface area contributed by atoms with E-state index in [1.54, 1.807) is 47.4 Å². The van der Waals surface area contributed by atoms with Gasteiger partial charge in [-0.1, -0.05) is 6.07 Å². The van der Waals surface area contributed by atoms with E-state index < -0.39 is 12.7 Å². The molecular weight excluding hydrogens is 454 g/mol. The number of benzene rings is 1. The number of hydrogen-bond acceptors (Lipinski definition) is 7. The smallest absolute Gasteiger partial charge is 0.255 e. The molecule has 0 unspecified atom stereocenters. The van der Waals surface area contributed by atoms with E-state index in [1.807, 2.05) is 25.3 Å². The molecule has 34 heavy (non-hydrogen) atoms. The molecule has 0 aliphatic heterocycles. The first-order valence-corrected chi connectivity index (χ1v) is 11.6. The van der Waals surface area contributed by atoms with Gasteiger partial charge < -0.3 is 19.5 Å². The minimum absolute atomic E-state index is 0.0901. The van der Waals surface area contributed by atoms with Crippen molar-refractivity contribution >= 4 is 17.1 Å². The molecule has 0 saturated heterocycles. The highest BCUT2D eigenvalue weighted by atomic mass is 32.1. The minimum Gasteiger partial charge on any atom is -0.489 e. The Morgan fingerprint density at radius 1 is 1.21 bits per heavy atom. The zero-order valence-electron chi connectivity index (χ0n) is 18.6. The van der Waals surface area contributed by atoms with Crippen LogP contribution in [-0.2, 0) is 6.42 Å². The summed E-state index contributed by atoms with van der Waals surface area (Å²) >= 11 is 1.49. The lowest BCUT2D eigenvalue weighted by Crippen LogP contribution is -2.22. The molecule has 0 aliphatic rings. The van der Waals surface area contributed by atoms with Crippen molar-refractivity contribution in [1.29, 1.82) is 0 Å². The third-order valence-electron chi connectivity index (χ3n) is 5.22. The Morgan fingerprint density at radius 2 is 2.06 bits per heavy atom. The largest absolute Gasteiger partial charge is 0.489 e. The van der Waals surface area contributed by atoms with Crippen LogP contribution in [0.3, 0.4) is 0 Å². The summed E-state index contributed by atoms with van der Waals surface area (Å²) in [5.41, 5.74) is 1.82. The monoisotopic (exact) mass is 479 g/mol. The number of aromatic nitrogens is 3. The Labute approximate surface area is 200 Å². The molecule has 9 heteroatoms. The number of aliphatic hydroxyl groups excluding tert-OH is 2. The van der Waals surface area contributed by atoms with Gasteiger partial charge in [-0.15, -0.1) is 11.3 Å². The van der Waals surface area contributed by atoms with Gasteiger partial charge in [0.1, 0.15) is 18.5 Å². The van der Waals surface area contributed by atoms with E-state index in [9.17, 15) is 14.7 Å². The van der Waals surface area contributed by atoms with E-state index >= 15 is 0 Å². The highest BCUT2D eigenvalue weighted by molar-refractivity contribution is 7.14. The average Bonchev–Trinajstić information content (AvgIpc) is 3.50. The molecule has 0 fully saturated rings. The van der Waals surface area contributed by atoms with E-state index in [1.165, 1.54) is 22.0 Å². The maximum absolute atomic E-state index is 12.4. The standard InChI is InChI=1S/C25H25N3O5S/c1-17-5-10-24(34-17)22(31)9-6-18-13-27(16-26-18)21-8-7-19(28-11-3-2-4-25(28)32)12-23(21)33-15-20(30)14-29/h2-5,7-8,10-13,16,20,29-30H,6,9,14-15H2,1H3/t20-/m0/s1. The van der Waals surface area contributed by atoms with E-state index in [0.717, 1.165) is 15.4 Å². The van der Waals surface area contributed by atoms with Gasteiger partial charge in [0.15, 0.2) is 5.78 Å². The lowest BCUT2D eigenvalue weighted by atomic mass is 10.1. The van der Waals surface area contributed by atoms with Gasteiger partial charge in [-0.05, 0) is 43.7 Å². The summed E-state index contributed by atoms with van der Waals surface area (Å²) in [6.07, 6.45) is 4.94. The fourth-order valence-corrected chi connectivity index (χ4v) is 4.27. The first-order chi connectivity index (χ1) is 16.4. The number of ketones is 1. The first kappa shape index (κ1) is 23.6. The highest BCUT2D eigenvalue weighted by Gasteiger charge is 2.14. The van der Waals surface area contributed by atoms with Crippen LogP contribution in [-0.4, -0.2) is 49.4 Å². The van der Waals surface area contributed by atoms with Gasteiger partial charge in [0, 0.05) is 35.8 Å². The van der Waals surface area contributed by atoms with Gasteiger partial charge in [0.05, 0.1) is 34.9 Å². The summed E-state index contributed by atoms with van der Waals surface area (Å²) in [6.45, 7) is 1.43. The molecule has 0 saturated carbocycles. The Morgan fingerprint density at radius 3 is 2.79 bits per heavy atom. The zero-order valence-corrected chi connectivity index (χ0v) is 19.4. The molecule has 4 aromatic rings. The fourth-order valence-electron chi connectivity index (χ4n) is 3.43. The lowest BCUT2D eigenvalue weighted by Gasteiger charge is -2.16. The van der Waals surface area contributed by atoms with Gasteiger partial charge in [-0.2, -0.15) is 0 Å². The Kier molecular flexibility index (Phi) is 7.36. The van der Waals surface area contributed by atoms with Crippen molar-refractivity contribution < 1.29 is 19.7 Å². The zero-order chi connectivity index (χ0) is 24.1. The van der Waals surface area contributed by atoms with Crippen LogP contribution in [0.4, 0.5) is 0 Å². The maximum atomic E-state index is 12.4. The van der Waals surface area contributed by atoms with Crippen molar-refractivity contribution in [2.75, 3.05) is 13.2 Å². The predicted octanol–water partition coefficient (Wildman–Crippen LogP) is 2.94. The molecule has 0 aliphatic carbocycles. The molecule has 3 aromatic heterocycles. The number of aryl methyl sites for hydroxylation is 2. The molecule has 3 heterocycles. The molecule has 0 radical (unpaired) electrons. The molecule has 2 N–H and O–H groups in total. The summed E-state index contributed by atoms with van der Waals surface area (Å²) in [5.74, 6) is 0.502. The molecule has 4 rings (SSSR count). The number of hydrogen-bond donors (Lipinski definition) is 2. The SMILES string of the molecule is Cc1ccc(C(=O)CCc2cn(-c3ccc(-n4ccccc4=O)cc3OC[C@@H](O)CO)cn2)s1. The number of thiophene rings is 1. The van der Waals surface area contributed by atoms with Crippen molar-refractivity contribution in [2.45, 2.75) is 25.9 Å². The van der Waals surface area contributed by atoms with Gasteiger partial charge in [0.2, 0.25) is 0 Å². The number of Topliss-reactive ketones (excluding diaryl/α,β-unsaturated/α-hetero) is 1. The molecule has 0 spiro atoms. The van der Waals surface area contributed by atoms with Crippen LogP contribution < -0.4 is 10.3 Å². The molecule has 1 aromatic carbocycles. The summed E-state index contributed by atoms with van der Waals surface area (Å²) in [6, 6.07) is 14.0. The van der Waals surface area contributed by atoms with Crippen LogP contribution in [0.15, 0.2) is 72.0 Å². The number of carbonyl (C=O) groups excluding carboxylic acids is 1. The van der Waals surface area contributed by atoms with Crippen LogP contribution in [0, 0.1) is 6.92 Å². The van der Waals surface area contributed by atoms with E-state index in [4.69, 9.17) is 9.84 Å². The summed E-state index contributed by atoms with van der Waals surface area (Å²) in [7, 11) is 0. The van der Waals surface area contributed by atoms with Crippen LogP contribution in [0.1, 0.15) is 26.7 Å². The second-order valence-electron chi connectivity index (χ2n) is 7.81. The van der Waals surface area contributed by atoms with E-state index in [2.05, 4.69) is 4.98 Å². The maximum Gasteiger partial charge on any atom is 0.255 e. The third-order valence-corrected chi connectivity index (χ3v) is 6.27. The number of rotatable bonds is 10. The second kappa shape index (κ2) is 10.6. The second-order valence-corrected chi connectivity index (χ2v) is 9.10. The molecular formula is C25H25N3O5S. The van der Waals surface area contributed by atoms with Crippen LogP contribution in [0.2, 0.25) is 0 Å². The van der Waals surface area contributed by atoms with Crippen LogP contribution >= 0.6 is 11.3 Å². The predicted molar refractivity (Wildman–Crippen MR) is 129 cm³/mol. The van der Waals surface area contributed by atoms with Crippen molar-refractivity contribution in [3.8, 4) is 17.1 Å². The van der Waals surface area contributed by atoms with Gasteiger partial charge >= 0.3 is 0 Å². The highest BCUT2D eigenvalue weighted by Crippen LogP contribution is 2.27. The molecule has 0 bridgehead atoms. The van der Waals surface area contributed by atoms with Crippen molar-refractivity contribution in [3.63, 3.8) is 0 Å². The van der Waals surface area contributed by atoms with Gasteiger partial charge in [0.25, 0.3) is 5.56 Å². The van der Waals surface area contributed by atoms with Crippen LogP contribution in [0.5, 0.6) is 5.75 Å². The van der Waals surface area contributed by atoms with Gasteiger partial charge in [-0.25, -0.2) is 4.98 Å². The number of carbonyl (C=O) groups is 1. The summed E-state index contributed by atoms with van der Waals surface area (Å²) in [5, 5.41) is 18.9. The Hall–Kier alpha value is -3.53. The number of imidazole rings is 1. The normalized spacial score (nSPS) is 12.0. The van der Waals surface area contributed by atoms with E-state index in [0.29, 0.717) is 30.0 Å². The topological polar surface area (TPSA) is 107 Å². The number of aliphatic hydroxyl groups is 2. The van der Waals surface area contributed by atoms with Crippen molar-refractivity contribution in [1.82, 2.24) is 14.1 Å². The number of nitrogens with zero attached hydrogens (tertiary/aromatic N) is 3. The Bertz CT molecular complexity index is 1340. The lowest BCUT2D eigenvalue weighted by molar-refractivity contribution is 0.0536. The minimum atomic E-state index is -1.04. The molecule has 1 atom stereocenters. The fraction of sp³-hybridized carbons (Fsp3) is 0.240. The Balaban J connectivity index is 1.57. The van der Waals surface area contributed by atoms with Crippen molar-refractivity contribution in [3.05, 3.63) is 93.1 Å². The van der Waals surface area contributed by atoms with Crippen LogP contribution in [0.25, 0.3) is 11.4 Å². The van der Waals surface area contributed by atoms with Gasteiger partial charge in [-0.3, -0.25) is 14.2 Å². The first-order valence-electron chi connectivity index (χ1n) is 10.8. The number of ether oxygens (including phenoxy) is 1. The molecule has 0 amide bonds. The molecule has 8 nitrogen and oxygen atoms in total. The van der Waals surface area contributed by atoms with Crippen molar-refractivity contribution in [2.24, 2.45) is 0 Å².